The zero-order valence-corrected chi connectivity index (χ0v) is 7.29. The summed E-state index contributed by atoms with van der Waals surface area (Å²) >= 11 is 0. The van der Waals surface area contributed by atoms with Gasteiger partial charge in [0.25, 0.3) is 0 Å². The third-order valence-corrected chi connectivity index (χ3v) is 1.68. The van der Waals surface area contributed by atoms with Crippen LogP contribution in [0.5, 0.6) is 0 Å². The van der Waals surface area contributed by atoms with Gasteiger partial charge in [-0.2, -0.15) is 0 Å². The second-order valence-electron chi connectivity index (χ2n) is 2.43. The highest BCUT2D eigenvalue weighted by Gasteiger charge is 1.98. The molecule has 0 bridgehead atoms. The lowest BCUT2D eigenvalue weighted by Crippen LogP contribution is -1.87. The van der Waals surface area contributed by atoms with E-state index in [1.807, 2.05) is 24.4 Å². The van der Waals surface area contributed by atoms with Crippen molar-refractivity contribution in [2.75, 3.05) is 0 Å². The zero-order valence-electron chi connectivity index (χ0n) is 6.47. The fraction of sp³-hybridized carbons (Fsp3) is 0.111. The van der Waals surface area contributed by atoms with Crippen molar-refractivity contribution in [3.63, 3.8) is 0 Å². The van der Waals surface area contributed by atoms with E-state index in [0.29, 0.717) is 0 Å². The highest BCUT2D eigenvalue weighted by molar-refractivity contribution is 5.88. The van der Waals surface area contributed by atoms with Crippen LogP contribution in [0.1, 0.15) is 11.1 Å². The molecule has 12 heavy (non-hydrogen) atoms. The van der Waals surface area contributed by atoms with Crippen LogP contribution in [0, 0.1) is 0 Å². The summed E-state index contributed by atoms with van der Waals surface area (Å²) in [5.74, 6) is 0. The van der Waals surface area contributed by atoms with E-state index in [2.05, 4.69) is 16.1 Å². The molecule has 2 nitrogen and oxygen atoms in total. The number of fused-ring (bicyclic) bond motifs is 1. The van der Waals surface area contributed by atoms with Gasteiger partial charge in [-0.3, -0.25) is 4.99 Å². The number of rotatable bonds is 0. The largest absolute Gasteiger partial charge is 0.269 e. The molecule has 0 N–H and O–H groups in total. The molecule has 0 fully saturated rings. The first-order chi connectivity index (χ1) is 5.47. The van der Waals surface area contributed by atoms with Crippen molar-refractivity contribution in [3.8, 4) is 0 Å². The number of nitrogens with zero attached hydrogens (tertiary/aromatic N) is 2. The minimum absolute atomic E-state index is 0. The molecule has 0 saturated heterocycles. The Morgan fingerprint density at radius 3 is 2.92 bits per heavy atom. The maximum atomic E-state index is 4.09. The number of benzene rings is 1. The normalized spacial score (nSPS) is 13.0. The second kappa shape index (κ2) is 4.02. The average Bonchev–Trinajstić information content (AvgIpc) is 2.28. The maximum absolute atomic E-state index is 4.09. The summed E-state index contributed by atoms with van der Waals surface area (Å²) in [5, 5.41) is 0. The van der Waals surface area contributed by atoms with Crippen molar-refractivity contribution in [2.24, 2.45) is 9.98 Å². The van der Waals surface area contributed by atoms with E-state index >= 15 is 0 Å². The second-order valence-corrected chi connectivity index (χ2v) is 2.43. The Balaban J connectivity index is 0.000000720. The molecular weight excluding hydrogens is 172 g/mol. The third-order valence-electron chi connectivity index (χ3n) is 1.68. The van der Waals surface area contributed by atoms with E-state index in [9.17, 15) is 0 Å². The van der Waals surface area contributed by atoms with Crippen molar-refractivity contribution < 1.29 is 0 Å². The molecule has 0 spiro atoms. The van der Waals surface area contributed by atoms with E-state index in [1.54, 1.807) is 6.34 Å². The van der Waals surface area contributed by atoms with Crippen LogP contribution in [0.4, 0.5) is 0 Å². The minimum Gasteiger partial charge on any atom is -0.269 e. The van der Waals surface area contributed by atoms with Gasteiger partial charge in [-0.1, -0.05) is 24.3 Å². The van der Waals surface area contributed by atoms with Gasteiger partial charge in [0.05, 0.1) is 6.54 Å². The zero-order chi connectivity index (χ0) is 7.52. The van der Waals surface area contributed by atoms with Crippen molar-refractivity contribution in [2.45, 2.75) is 6.54 Å². The Morgan fingerprint density at radius 1 is 1.17 bits per heavy atom. The standard InChI is InChI=1S/C9H8N2.ClH/c1-2-4-9-6-11-7-10-5-8(9)3-1;/h1-5,7H,6H2;1H. The van der Waals surface area contributed by atoms with Crippen molar-refractivity contribution in [3.05, 3.63) is 35.4 Å². The highest BCUT2D eigenvalue weighted by atomic mass is 35.5. The van der Waals surface area contributed by atoms with Gasteiger partial charge in [-0.15, -0.1) is 12.4 Å². The molecule has 0 aliphatic carbocycles. The molecule has 2 rings (SSSR count). The van der Waals surface area contributed by atoms with Crippen molar-refractivity contribution in [1.82, 2.24) is 0 Å². The van der Waals surface area contributed by atoms with Crippen LogP contribution >= 0.6 is 12.4 Å². The fourth-order valence-electron chi connectivity index (χ4n) is 1.10. The van der Waals surface area contributed by atoms with E-state index < -0.39 is 0 Å². The third kappa shape index (κ3) is 1.71. The predicted molar refractivity (Wildman–Crippen MR) is 53.5 cm³/mol. The van der Waals surface area contributed by atoms with Crippen LogP contribution in [0.15, 0.2) is 34.3 Å². The van der Waals surface area contributed by atoms with Crippen LogP contribution in [0.25, 0.3) is 0 Å². The summed E-state index contributed by atoms with van der Waals surface area (Å²) in [5.41, 5.74) is 2.41. The summed E-state index contributed by atoms with van der Waals surface area (Å²) in [4.78, 5) is 8.08. The van der Waals surface area contributed by atoms with Gasteiger partial charge in [-0.25, -0.2) is 4.99 Å². The molecule has 1 aliphatic rings. The molecule has 0 radical (unpaired) electrons. The van der Waals surface area contributed by atoms with Gasteiger partial charge in [0, 0.05) is 6.21 Å². The van der Waals surface area contributed by atoms with Crippen LogP contribution in [-0.4, -0.2) is 12.6 Å². The van der Waals surface area contributed by atoms with Gasteiger partial charge < -0.3 is 0 Å². The van der Waals surface area contributed by atoms with Crippen LogP contribution in [0.3, 0.4) is 0 Å². The summed E-state index contributed by atoms with van der Waals surface area (Å²) in [6.07, 6.45) is 3.44. The summed E-state index contributed by atoms with van der Waals surface area (Å²) in [7, 11) is 0. The molecule has 1 aromatic carbocycles. The first-order valence-corrected chi connectivity index (χ1v) is 3.56. The van der Waals surface area contributed by atoms with E-state index in [-0.39, 0.29) is 12.4 Å². The number of hydrogen-bond donors (Lipinski definition) is 0. The van der Waals surface area contributed by atoms with E-state index in [4.69, 9.17) is 0 Å². The van der Waals surface area contributed by atoms with Crippen LogP contribution < -0.4 is 0 Å². The van der Waals surface area contributed by atoms with Gasteiger partial charge in [0.2, 0.25) is 0 Å². The summed E-state index contributed by atoms with van der Waals surface area (Å²) < 4.78 is 0. The summed E-state index contributed by atoms with van der Waals surface area (Å²) in [6, 6.07) is 8.15. The van der Waals surface area contributed by atoms with Gasteiger partial charge in [-0.05, 0) is 11.1 Å². The van der Waals surface area contributed by atoms with Gasteiger partial charge in [0.15, 0.2) is 0 Å². The first-order valence-electron chi connectivity index (χ1n) is 3.56. The average molecular weight is 181 g/mol. The van der Waals surface area contributed by atoms with Crippen LogP contribution in [0.2, 0.25) is 0 Å². The fourth-order valence-corrected chi connectivity index (χ4v) is 1.10. The molecule has 62 valence electrons. The smallest absolute Gasteiger partial charge is 0.110 e. The Bertz CT molecular complexity index is 318. The first kappa shape index (κ1) is 8.94. The number of halogens is 1. The Kier molecular flexibility index (Phi) is 3.00. The molecular formula is C9H9ClN2. The SMILES string of the molecule is C1=NC=NCc2ccccc21.Cl. The molecule has 0 saturated carbocycles. The molecule has 3 heteroatoms. The molecule has 1 aliphatic heterocycles. The lowest BCUT2D eigenvalue weighted by Gasteiger charge is -1.97. The van der Waals surface area contributed by atoms with Crippen LogP contribution in [-0.2, 0) is 6.54 Å². The quantitative estimate of drug-likeness (QED) is 0.584. The maximum Gasteiger partial charge on any atom is 0.110 e. The van der Waals surface area contributed by atoms with Crippen molar-refractivity contribution >= 4 is 25.0 Å². The monoisotopic (exact) mass is 180 g/mol. The van der Waals surface area contributed by atoms with E-state index in [1.165, 1.54) is 11.1 Å². The molecule has 0 atom stereocenters. The predicted octanol–water partition coefficient (Wildman–Crippen LogP) is 2.07. The molecule has 0 aromatic heterocycles. The number of hydrogen-bond acceptors (Lipinski definition) is 2. The van der Waals surface area contributed by atoms with E-state index in [0.717, 1.165) is 6.54 Å². The Morgan fingerprint density at radius 2 is 2.00 bits per heavy atom. The molecule has 0 amide bonds. The van der Waals surface area contributed by atoms with Crippen molar-refractivity contribution in [1.29, 1.82) is 0 Å². The lowest BCUT2D eigenvalue weighted by atomic mass is 10.1. The summed E-state index contributed by atoms with van der Waals surface area (Å²) in [6.45, 7) is 0.746. The molecule has 1 aromatic rings. The Labute approximate surface area is 77.5 Å². The Hall–Kier alpha value is -1.15. The van der Waals surface area contributed by atoms with Gasteiger partial charge >= 0.3 is 0 Å². The topological polar surface area (TPSA) is 24.7 Å². The van der Waals surface area contributed by atoms with Gasteiger partial charge in [0.1, 0.15) is 6.34 Å². The lowest BCUT2D eigenvalue weighted by molar-refractivity contribution is 1.08. The minimum atomic E-state index is 0. The highest BCUT2D eigenvalue weighted by Crippen LogP contribution is 2.08. The molecule has 0 unspecified atom stereocenters. The number of aliphatic imine (C=N–C) groups is 2. The molecule has 1 heterocycles.